The number of fused-ring (bicyclic) bond motifs is 1. The summed E-state index contributed by atoms with van der Waals surface area (Å²) in [7, 11) is 1.31. The van der Waals surface area contributed by atoms with E-state index in [0.717, 1.165) is 5.69 Å². The number of nitrogens with zero attached hydrogens (tertiary/aromatic N) is 2. The van der Waals surface area contributed by atoms with Gasteiger partial charge >= 0.3 is 5.97 Å². The number of aryl methyl sites for hydroxylation is 2. The van der Waals surface area contributed by atoms with Crippen molar-refractivity contribution in [3.63, 3.8) is 0 Å². The first-order chi connectivity index (χ1) is 7.56. The van der Waals surface area contributed by atoms with Crippen molar-refractivity contribution in [3.05, 3.63) is 17.0 Å². The number of esters is 1. The monoisotopic (exact) mass is 220 g/mol. The number of hydrogen-bond donors (Lipinski definition) is 2. The molecule has 0 aliphatic rings. The summed E-state index contributed by atoms with van der Waals surface area (Å²) in [5, 5.41) is 7.45. The van der Waals surface area contributed by atoms with Crippen LogP contribution in [0.3, 0.4) is 0 Å². The summed E-state index contributed by atoms with van der Waals surface area (Å²) in [6.07, 6.45) is 0. The maximum atomic E-state index is 11.6. The number of nitrogens with two attached hydrogens (primary N) is 1. The van der Waals surface area contributed by atoms with Gasteiger partial charge in [0.05, 0.1) is 23.9 Å². The van der Waals surface area contributed by atoms with Crippen LogP contribution in [0.5, 0.6) is 0 Å². The largest absolute Gasteiger partial charge is 0.465 e. The Hall–Kier alpha value is -2.11. The molecule has 2 rings (SSSR count). The van der Waals surface area contributed by atoms with E-state index in [4.69, 9.17) is 5.73 Å². The fraction of sp³-hybridized carbons (Fsp3) is 0.300. The van der Waals surface area contributed by atoms with E-state index in [1.54, 1.807) is 6.92 Å². The molecular weight excluding hydrogens is 208 g/mol. The van der Waals surface area contributed by atoms with Crippen molar-refractivity contribution in [2.45, 2.75) is 13.8 Å². The van der Waals surface area contributed by atoms with Gasteiger partial charge in [0, 0.05) is 5.69 Å². The molecule has 2 aromatic heterocycles. The molecule has 0 fully saturated rings. The zero-order valence-corrected chi connectivity index (χ0v) is 9.29. The molecule has 2 heterocycles. The fourth-order valence-electron chi connectivity index (χ4n) is 1.71. The second-order valence-electron chi connectivity index (χ2n) is 3.52. The fourth-order valence-corrected chi connectivity index (χ4v) is 1.71. The van der Waals surface area contributed by atoms with Crippen molar-refractivity contribution in [1.82, 2.24) is 15.2 Å². The summed E-state index contributed by atoms with van der Waals surface area (Å²) in [5.41, 5.74) is 8.42. The second-order valence-corrected chi connectivity index (χ2v) is 3.52. The molecule has 0 saturated carbocycles. The third-order valence-electron chi connectivity index (χ3n) is 2.49. The highest BCUT2D eigenvalue weighted by Gasteiger charge is 2.19. The Kier molecular flexibility index (Phi) is 2.26. The van der Waals surface area contributed by atoms with Crippen molar-refractivity contribution in [2.75, 3.05) is 12.8 Å². The highest BCUT2D eigenvalue weighted by Crippen LogP contribution is 2.27. The zero-order valence-electron chi connectivity index (χ0n) is 9.29. The average Bonchev–Trinajstić information content (AvgIpc) is 2.59. The lowest BCUT2D eigenvalue weighted by Gasteiger charge is -2.07. The van der Waals surface area contributed by atoms with Gasteiger partial charge in [-0.05, 0) is 13.8 Å². The molecule has 0 unspecified atom stereocenters. The Morgan fingerprint density at radius 3 is 2.75 bits per heavy atom. The van der Waals surface area contributed by atoms with Gasteiger partial charge in [-0.15, -0.1) is 0 Å². The number of aromatic amines is 1. The van der Waals surface area contributed by atoms with Gasteiger partial charge < -0.3 is 10.5 Å². The van der Waals surface area contributed by atoms with Crippen molar-refractivity contribution in [2.24, 2.45) is 0 Å². The van der Waals surface area contributed by atoms with Crippen molar-refractivity contribution in [3.8, 4) is 0 Å². The van der Waals surface area contributed by atoms with Crippen LogP contribution in [-0.4, -0.2) is 28.3 Å². The van der Waals surface area contributed by atoms with Crippen LogP contribution in [0.1, 0.15) is 21.7 Å². The first-order valence-corrected chi connectivity index (χ1v) is 4.75. The molecule has 3 N–H and O–H groups in total. The minimum atomic E-state index is -0.481. The topological polar surface area (TPSA) is 93.9 Å². The van der Waals surface area contributed by atoms with E-state index < -0.39 is 5.97 Å². The van der Waals surface area contributed by atoms with E-state index in [1.807, 2.05) is 6.92 Å². The van der Waals surface area contributed by atoms with Crippen molar-refractivity contribution >= 4 is 22.7 Å². The third kappa shape index (κ3) is 1.30. The molecule has 0 saturated heterocycles. The molecule has 0 radical (unpaired) electrons. The number of rotatable bonds is 1. The maximum absolute atomic E-state index is 11.6. The third-order valence-corrected chi connectivity index (χ3v) is 2.49. The van der Waals surface area contributed by atoms with Crippen LogP contribution >= 0.6 is 0 Å². The summed E-state index contributed by atoms with van der Waals surface area (Å²) < 4.78 is 4.67. The van der Waals surface area contributed by atoms with Gasteiger partial charge in [-0.3, -0.25) is 5.10 Å². The molecule has 0 aliphatic carbocycles. The van der Waals surface area contributed by atoms with Gasteiger partial charge in [0.1, 0.15) is 5.56 Å². The summed E-state index contributed by atoms with van der Waals surface area (Å²) in [6.45, 7) is 3.52. The highest BCUT2D eigenvalue weighted by atomic mass is 16.5. The smallest absolute Gasteiger partial charge is 0.341 e. The number of nitrogen functional groups attached to an aromatic ring is 1. The summed E-state index contributed by atoms with van der Waals surface area (Å²) in [5.74, 6) is -0.481. The Morgan fingerprint density at radius 1 is 1.44 bits per heavy atom. The molecular formula is C10H12N4O2. The number of ether oxygens (including phenoxy) is 1. The number of H-pyrrole nitrogens is 1. The minimum Gasteiger partial charge on any atom is -0.465 e. The number of carbonyl (C=O) groups is 1. The predicted molar refractivity (Wildman–Crippen MR) is 59.1 cm³/mol. The molecule has 6 heteroatoms. The zero-order chi connectivity index (χ0) is 11.9. The molecule has 2 aromatic rings. The van der Waals surface area contributed by atoms with Crippen LogP contribution in [0.4, 0.5) is 5.69 Å². The number of methoxy groups -OCH3 is 1. The van der Waals surface area contributed by atoms with Gasteiger partial charge in [0.2, 0.25) is 0 Å². The molecule has 0 aromatic carbocycles. The van der Waals surface area contributed by atoms with Gasteiger partial charge in [0.15, 0.2) is 5.65 Å². The Balaban J connectivity index is 2.83. The van der Waals surface area contributed by atoms with E-state index in [0.29, 0.717) is 28.0 Å². The van der Waals surface area contributed by atoms with E-state index in [-0.39, 0.29) is 0 Å². The standard InChI is InChI=1S/C10H12N4O2/c1-4-7(10(15)16-3)8(11)6-5(2)13-14-9(6)12-4/h1-3H3,(H3,11,12,13,14). The highest BCUT2D eigenvalue weighted by molar-refractivity contribution is 6.05. The molecule has 6 nitrogen and oxygen atoms in total. The minimum absolute atomic E-state index is 0.305. The molecule has 0 bridgehead atoms. The molecule has 16 heavy (non-hydrogen) atoms. The molecule has 0 amide bonds. The van der Waals surface area contributed by atoms with Crippen LogP contribution in [0.2, 0.25) is 0 Å². The van der Waals surface area contributed by atoms with Crippen LogP contribution in [-0.2, 0) is 4.74 Å². The number of anilines is 1. The summed E-state index contributed by atoms with van der Waals surface area (Å²) in [4.78, 5) is 15.8. The lowest BCUT2D eigenvalue weighted by molar-refractivity contribution is 0.0601. The van der Waals surface area contributed by atoms with Gasteiger partial charge in [0.25, 0.3) is 0 Å². The average molecular weight is 220 g/mol. The number of nitrogens with one attached hydrogen (secondary N) is 1. The normalized spacial score (nSPS) is 10.7. The number of aromatic nitrogens is 3. The first kappa shape index (κ1) is 10.4. The SMILES string of the molecule is COC(=O)c1c(C)nc2n[nH]c(C)c2c1N. The molecule has 0 atom stereocenters. The van der Waals surface area contributed by atoms with Gasteiger partial charge in [-0.25, -0.2) is 9.78 Å². The lowest BCUT2D eigenvalue weighted by Crippen LogP contribution is -2.10. The molecule has 84 valence electrons. The van der Waals surface area contributed by atoms with Crippen LogP contribution in [0, 0.1) is 13.8 Å². The van der Waals surface area contributed by atoms with Gasteiger partial charge in [-0.1, -0.05) is 0 Å². The Morgan fingerprint density at radius 2 is 2.12 bits per heavy atom. The summed E-state index contributed by atoms with van der Waals surface area (Å²) >= 11 is 0. The van der Waals surface area contributed by atoms with E-state index in [2.05, 4.69) is 19.9 Å². The van der Waals surface area contributed by atoms with E-state index in [1.165, 1.54) is 7.11 Å². The predicted octanol–water partition coefficient (Wildman–Crippen LogP) is 0.944. The summed E-state index contributed by atoms with van der Waals surface area (Å²) in [6, 6.07) is 0. The second kappa shape index (κ2) is 3.48. The Labute approximate surface area is 91.8 Å². The van der Waals surface area contributed by atoms with Crippen molar-refractivity contribution in [1.29, 1.82) is 0 Å². The number of pyridine rings is 1. The van der Waals surface area contributed by atoms with Crippen LogP contribution in [0.15, 0.2) is 0 Å². The maximum Gasteiger partial charge on any atom is 0.341 e. The van der Waals surface area contributed by atoms with E-state index >= 15 is 0 Å². The number of hydrogen-bond acceptors (Lipinski definition) is 5. The first-order valence-electron chi connectivity index (χ1n) is 4.75. The molecule has 0 spiro atoms. The quantitative estimate of drug-likeness (QED) is 0.697. The van der Waals surface area contributed by atoms with Crippen LogP contribution in [0.25, 0.3) is 11.0 Å². The molecule has 0 aliphatic heterocycles. The lowest BCUT2D eigenvalue weighted by atomic mass is 10.1. The van der Waals surface area contributed by atoms with Crippen LogP contribution < -0.4 is 5.73 Å². The van der Waals surface area contributed by atoms with Gasteiger partial charge in [-0.2, -0.15) is 5.10 Å². The van der Waals surface area contributed by atoms with E-state index in [9.17, 15) is 4.79 Å². The number of carbonyl (C=O) groups excluding carboxylic acids is 1. The van der Waals surface area contributed by atoms with Crippen molar-refractivity contribution < 1.29 is 9.53 Å². The Bertz CT molecular complexity index is 574.